The largest absolute Gasteiger partial charge is 0.490 e. The van der Waals surface area contributed by atoms with Gasteiger partial charge in [0.25, 0.3) is 5.69 Å². The van der Waals surface area contributed by atoms with Gasteiger partial charge in [0.05, 0.1) is 10.5 Å². The van der Waals surface area contributed by atoms with E-state index in [4.69, 9.17) is 9.47 Å². The second-order valence-corrected chi connectivity index (χ2v) is 10.2. The standard InChI is InChI=1S/C29H26N2O6S/c1-18-26(29(33)37-13-12-36-22-9-3-2-4-10-22)27(19-7-5-8-21(15-19)31(34)35)28-23(30-18)16-20(17-24(28)32)25-11-6-14-38-25/h2-11,14-15,20,27,30H,12-13,16-17H2,1H3/t20-,27-/m1/s1. The fourth-order valence-electron chi connectivity index (χ4n) is 5.07. The number of allylic oxidation sites excluding steroid dienone is 3. The Morgan fingerprint density at radius 1 is 1.08 bits per heavy atom. The summed E-state index contributed by atoms with van der Waals surface area (Å²) < 4.78 is 11.2. The Morgan fingerprint density at radius 3 is 2.63 bits per heavy atom. The van der Waals surface area contributed by atoms with Crippen LogP contribution in [0.4, 0.5) is 5.69 Å². The van der Waals surface area contributed by atoms with Crippen molar-refractivity contribution < 1.29 is 24.0 Å². The normalized spacial score (nSPS) is 19.0. The predicted molar refractivity (Wildman–Crippen MR) is 143 cm³/mol. The average molecular weight is 531 g/mol. The van der Waals surface area contributed by atoms with Crippen LogP contribution in [-0.2, 0) is 14.3 Å². The van der Waals surface area contributed by atoms with E-state index in [1.165, 1.54) is 12.1 Å². The first-order chi connectivity index (χ1) is 18.4. The molecule has 194 valence electrons. The van der Waals surface area contributed by atoms with Gasteiger partial charge in [-0.25, -0.2) is 4.79 Å². The van der Waals surface area contributed by atoms with Crippen LogP contribution >= 0.6 is 11.3 Å². The molecular weight excluding hydrogens is 504 g/mol. The van der Waals surface area contributed by atoms with Gasteiger partial charge in [-0.3, -0.25) is 14.9 Å². The fraction of sp³-hybridized carbons (Fsp3) is 0.241. The van der Waals surface area contributed by atoms with Gasteiger partial charge in [0.2, 0.25) is 0 Å². The molecule has 1 aliphatic heterocycles. The number of nitrogens with one attached hydrogen (secondary N) is 1. The number of nitro groups is 1. The molecule has 0 saturated carbocycles. The lowest BCUT2D eigenvalue weighted by atomic mass is 9.72. The molecule has 2 atom stereocenters. The number of carbonyl (C=O) groups excluding carboxylic acids is 2. The molecule has 2 heterocycles. The molecule has 9 heteroatoms. The van der Waals surface area contributed by atoms with Crippen LogP contribution < -0.4 is 10.1 Å². The summed E-state index contributed by atoms with van der Waals surface area (Å²) in [4.78, 5) is 39.2. The van der Waals surface area contributed by atoms with E-state index >= 15 is 0 Å². The molecule has 0 amide bonds. The summed E-state index contributed by atoms with van der Waals surface area (Å²) in [5.74, 6) is -0.751. The molecule has 5 rings (SSSR count). The Labute approximate surface area is 223 Å². The number of para-hydroxylation sites is 1. The van der Waals surface area contributed by atoms with Crippen molar-refractivity contribution in [2.75, 3.05) is 13.2 Å². The Balaban J connectivity index is 1.45. The number of benzene rings is 2. The molecule has 0 saturated heterocycles. The van der Waals surface area contributed by atoms with E-state index in [9.17, 15) is 19.7 Å². The summed E-state index contributed by atoms with van der Waals surface area (Å²) in [6.07, 6.45) is 0.913. The van der Waals surface area contributed by atoms with E-state index in [2.05, 4.69) is 5.32 Å². The monoisotopic (exact) mass is 530 g/mol. The van der Waals surface area contributed by atoms with Crippen LogP contribution in [0, 0.1) is 10.1 Å². The number of esters is 1. The molecule has 2 aromatic carbocycles. The van der Waals surface area contributed by atoms with Gasteiger partial charge in [-0.15, -0.1) is 11.3 Å². The number of nitrogens with zero attached hydrogens (tertiary/aromatic N) is 1. The third kappa shape index (κ3) is 5.24. The molecule has 0 spiro atoms. The summed E-state index contributed by atoms with van der Waals surface area (Å²) >= 11 is 1.61. The Bertz CT molecular complexity index is 1430. The summed E-state index contributed by atoms with van der Waals surface area (Å²) in [6.45, 7) is 1.93. The molecule has 38 heavy (non-hydrogen) atoms. The van der Waals surface area contributed by atoms with E-state index in [0.717, 1.165) is 10.6 Å². The number of rotatable bonds is 8. The fourth-order valence-corrected chi connectivity index (χ4v) is 5.90. The van der Waals surface area contributed by atoms with Gasteiger partial charge in [0, 0.05) is 52.2 Å². The molecule has 0 fully saturated rings. The molecule has 0 bridgehead atoms. The highest BCUT2D eigenvalue weighted by molar-refractivity contribution is 7.10. The molecule has 0 radical (unpaired) electrons. The minimum Gasteiger partial charge on any atom is -0.490 e. The van der Waals surface area contributed by atoms with Crippen LogP contribution in [0.15, 0.2) is 94.7 Å². The SMILES string of the molecule is CC1=C(C(=O)OCCOc2ccccc2)[C@@H](c2cccc([N+](=O)[O-])c2)C2=C(C[C@@H](c3cccs3)CC2=O)N1. The van der Waals surface area contributed by atoms with Crippen molar-refractivity contribution in [1.82, 2.24) is 5.32 Å². The lowest BCUT2D eigenvalue weighted by molar-refractivity contribution is -0.384. The second-order valence-electron chi connectivity index (χ2n) is 9.18. The second kappa shape index (κ2) is 11.0. The van der Waals surface area contributed by atoms with E-state index in [-0.39, 0.29) is 36.2 Å². The molecule has 0 unspecified atom stereocenters. The lowest BCUT2D eigenvalue weighted by Gasteiger charge is -2.36. The van der Waals surface area contributed by atoms with Crippen LogP contribution in [0.5, 0.6) is 5.75 Å². The maximum Gasteiger partial charge on any atom is 0.336 e. The summed E-state index contributed by atoms with van der Waals surface area (Å²) in [5.41, 5.74) is 2.45. The summed E-state index contributed by atoms with van der Waals surface area (Å²) in [5, 5.41) is 16.8. The van der Waals surface area contributed by atoms with E-state index in [0.29, 0.717) is 35.4 Å². The highest BCUT2D eigenvalue weighted by Gasteiger charge is 2.42. The lowest BCUT2D eigenvalue weighted by Crippen LogP contribution is -2.36. The number of ketones is 1. The van der Waals surface area contributed by atoms with Crippen LogP contribution in [-0.4, -0.2) is 29.9 Å². The maximum atomic E-state index is 13.6. The molecule has 8 nitrogen and oxygen atoms in total. The van der Waals surface area contributed by atoms with Gasteiger partial charge in [0.1, 0.15) is 19.0 Å². The highest BCUT2D eigenvalue weighted by Crippen LogP contribution is 2.46. The van der Waals surface area contributed by atoms with Gasteiger partial charge < -0.3 is 14.8 Å². The van der Waals surface area contributed by atoms with Crippen molar-refractivity contribution in [3.05, 3.63) is 115 Å². The zero-order valence-corrected chi connectivity index (χ0v) is 21.5. The third-order valence-electron chi connectivity index (χ3n) is 6.74. The molecule has 1 aliphatic carbocycles. The first-order valence-electron chi connectivity index (χ1n) is 12.3. The Kier molecular flexibility index (Phi) is 7.37. The average Bonchev–Trinajstić information content (AvgIpc) is 3.46. The molecule has 2 aliphatic rings. The van der Waals surface area contributed by atoms with E-state index < -0.39 is 16.8 Å². The van der Waals surface area contributed by atoms with Crippen molar-refractivity contribution in [3.8, 4) is 5.75 Å². The molecular formula is C29H26N2O6S. The van der Waals surface area contributed by atoms with Gasteiger partial charge >= 0.3 is 5.97 Å². The predicted octanol–water partition coefficient (Wildman–Crippen LogP) is 5.64. The van der Waals surface area contributed by atoms with Gasteiger partial charge in [-0.1, -0.05) is 36.4 Å². The number of hydrogen-bond donors (Lipinski definition) is 1. The number of hydrogen-bond acceptors (Lipinski definition) is 8. The van der Waals surface area contributed by atoms with Crippen LogP contribution in [0.25, 0.3) is 0 Å². The van der Waals surface area contributed by atoms with Crippen molar-refractivity contribution in [2.45, 2.75) is 31.6 Å². The quantitative estimate of drug-likeness (QED) is 0.174. The van der Waals surface area contributed by atoms with Crippen LogP contribution in [0.3, 0.4) is 0 Å². The minimum atomic E-state index is -0.773. The van der Waals surface area contributed by atoms with E-state index in [1.807, 2.05) is 47.8 Å². The van der Waals surface area contributed by atoms with Gasteiger partial charge in [-0.2, -0.15) is 0 Å². The molecule has 1 aromatic heterocycles. The number of thiophene rings is 1. The highest BCUT2D eigenvalue weighted by atomic mass is 32.1. The van der Waals surface area contributed by atoms with Gasteiger partial charge in [-0.05, 0) is 42.5 Å². The van der Waals surface area contributed by atoms with Crippen molar-refractivity contribution in [2.24, 2.45) is 0 Å². The third-order valence-corrected chi connectivity index (χ3v) is 7.77. The maximum absolute atomic E-state index is 13.6. The van der Waals surface area contributed by atoms with Gasteiger partial charge in [0.15, 0.2) is 5.78 Å². The summed E-state index contributed by atoms with van der Waals surface area (Å²) in [7, 11) is 0. The first-order valence-corrected chi connectivity index (χ1v) is 13.2. The van der Waals surface area contributed by atoms with Crippen molar-refractivity contribution >= 4 is 28.8 Å². The number of nitro benzene ring substituents is 1. The molecule has 3 aromatic rings. The molecule has 1 N–H and O–H groups in total. The summed E-state index contributed by atoms with van der Waals surface area (Å²) in [6, 6.07) is 19.3. The van der Waals surface area contributed by atoms with Crippen molar-refractivity contribution in [1.29, 1.82) is 0 Å². The topological polar surface area (TPSA) is 108 Å². The van der Waals surface area contributed by atoms with E-state index in [1.54, 1.807) is 30.4 Å². The zero-order chi connectivity index (χ0) is 26.6. The van der Waals surface area contributed by atoms with Crippen LogP contribution in [0.1, 0.15) is 42.0 Å². The zero-order valence-electron chi connectivity index (χ0n) is 20.7. The number of ether oxygens (including phenoxy) is 2. The first kappa shape index (κ1) is 25.4. The number of Topliss-reactive ketones (excluding diaryl/α,β-unsaturated/α-hetero) is 1. The number of dihydropyridines is 1. The smallest absolute Gasteiger partial charge is 0.336 e. The number of non-ortho nitro benzene ring substituents is 1. The Hall–Kier alpha value is -4.24. The Morgan fingerprint density at radius 2 is 1.89 bits per heavy atom. The van der Waals surface area contributed by atoms with Crippen LogP contribution in [0.2, 0.25) is 0 Å². The minimum absolute atomic E-state index is 0.00642. The van der Waals surface area contributed by atoms with Crippen molar-refractivity contribution in [3.63, 3.8) is 0 Å². The number of carbonyl (C=O) groups is 2.